The Balaban J connectivity index is 2.23. The van der Waals surface area contributed by atoms with E-state index in [0.29, 0.717) is 11.3 Å². The molecule has 0 radical (unpaired) electrons. The third kappa shape index (κ3) is 2.50. The summed E-state index contributed by atoms with van der Waals surface area (Å²) < 4.78 is 0.327. The van der Waals surface area contributed by atoms with Crippen molar-refractivity contribution in [2.45, 2.75) is 25.1 Å². The molecule has 1 aliphatic heterocycles. The number of hydrogen-bond donors (Lipinski definition) is 1. The van der Waals surface area contributed by atoms with Crippen molar-refractivity contribution in [2.75, 3.05) is 23.7 Å². The summed E-state index contributed by atoms with van der Waals surface area (Å²) in [5.41, 5.74) is 8.15. The summed E-state index contributed by atoms with van der Waals surface area (Å²) in [5, 5.41) is 0. The molecule has 1 fully saturated rings. The highest BCUT2D eigenvalue weighted by Crippen LogP contribution is 2.33. The molecule has 0 atom stereocenters. The highest BCUT2D eigenvalue weighted by Gasteiger charge is 2.27. The predicted molar refractivity (Wildman–Crippen MR) is 70.9 cm³/mol. The maximum Gasteiger partial charge on any atom is 0.0443 e. The Kier molecular flexibility index (Phi) is 3.40. The number of hydrogen-bond acceptors (Lipinski definition) is 4. The Morgan fingerprint density at radius 2 is 2.38 bits per heavy atom. The van der Waals surface area contributed by atoms with E-state index in [1.54, 1.807) is 0 Å². The van der Waals surface area contributed by atoms with Crippen molar-refractivity contribution in [3.05, 3.63) is 24.0 Å². The molecule has 1 saturated heterocycles. The van der Waals surface area contributed by atoms with Gasteiger partial charge in [-0.2, -0.15) is 11.8 Å². The molecule has 0 spiro atoms. The van der Waals surface area contributed by atoms with Gasteiger partial charge in [-0.3, -0.25) is 4.98 Å². The number of aromatic nitrogens is 1. The first kappa shape index (κ1) is 11.7. The smallest absolute Gasteiger partial charge is 0.0443 e. The first-order chi connectivity index (χ1) is 7.62. The van der Waals surface area contributed by atoms with Crippen molar-refractivity contribution in [2.24, 2.45) is 5.73 Å². The van der Waals surface area contributed by atoms with Gasteiger partial charge >= 0.3 is 0 Å². The maximum atomic E-state index is 5.75. The van der Waals surface area contributed by atoms with Gasteiger partial charge < -0.3 is 10.6 Å². The average molecular weight is 237 g/mol. The van der Waals surface area contributed by atoms with E-state index in [0.717, 1.165) is 18.7 Å². The summed E-state index contributed by atoms with van der Waals surface area (Å²) in [6.45, 7) is 7.34. The van der Waals surface area contributed by atoms with Crippen molar-refractivity contribution in [1.82, 2.24) is 4.98 Å². The van der Waals surface area contributed by atoms with E-state index in [9.17, 15) is 0 Å². The van der Waals surface area contributed by atoms with Gasteiger partial charge in [-0.15, -0.1) is 0 Å². The molecule has 3 nitrogen and oxygen atoms in total. The highest BCUT2D eigenvalue weighted by atomic mass is 32.2. The largest absolute Gasteiger partial charge is 0.369 e. The number of anilines is 1. The lowest BCUT2D eigenvalue weighted by Crippen LogP contribution is -2.43. The third-order valence-electron chi connectivity index (χ3n) is 2.86. The van der Waals surface area contributed by atoms with Crippen molar-refractivity contribution in [3.63, 3.8) is 0 Å². The molecule has 16 heavy (non-hydrogen) atoms. The molecule has 0 aliphatic carbocycles. The Hall–Kier alpha value is -0.740. The molecule has 2 rings (SSSR count). The molecule has 2 heterocycles. The van der Waals surface area contributed by atoms with Gasteiger partial charge in [0, 0.05) is 53.8 Å². The minimum Gasteiger partial charge on any atom is -0.369 e. The lowest BCUT2D eigenvalue weighted by molar-refractivity contribution is 0.645. The number of nitrogens with zero attached hydrogens (tertiary/aromatic N) is 2. The van der Waals surface area contributed by atoms with Crippen LogP contribution in [0.3, 0.4) is 0 Å². The van der Waals surface area contributed by atoms with Gasteiger partial charge in [0.25, 0.3) is 0 Å². The minimum atomic E-state index is 0.327. The second kappa shape index (κ2) is 4.63. The lowest BCUT2D eigenvalue weighted by Gasteiger charge is -2.39. The molecule has 1 aromatic heterocycles. The van der Waals surface area contributed by atoms with Crippen LogP contribution in [0.15, 0.2) is 18.5 Å². The second-order valence-corrected chi connectivity index (χ2v) is 6.54. The summed E-state index contributed by atoms with van der Waals surface area (Å²) in [6.07, 6.45) is 3.73. The van der Waals surface area contributed by atoms with E-state index in [-0.39, 0.29) is 0 Å². The number of rotatable bonds is 2. The minimum absolute atomic E-state index is 0.327. The van der Waals surface area contributed by atoms with Crippen LogP contribution >= 0.6 is 11.8 Å². The van der Waals surface area contributed by atoms with Gasteiger partial charge in [-0.05, 0) is 19.9 Å². The zero-order valence-corrected chi connectivity index (χ0v) is 10.8. The zero-order valence-electron chi connectivity index (χ0n) is 9.94. The van der Waals surface area contributed by atoms with Crippen LogP contribution in [0.1, 0.15) is 19.4 Å². The molecule has 1 aliphatic rings. The Labute approximate surface area is 101 Å². The van der Waals surface area contributed by atoms with Crippen molar-refractivity contribution >= 4 is 17.4 Å². The van der Waals surface area contributed by atoms with E-state index >= 15 is 0 Å². The monoisotopic (exact) mass is 237 g/mol. The molecule has 88 valence electrons. The van der Waals surface area contributed by atoms with Crippen molar-refractivity contribution in [3.8, 4) is 0 Å². The normalized spacial score (nSPS) is 19.8. The summed E-state index contributed by atoms with van der Waals surface area (Å²) in [5.74, 6) is 1.18. The summed E-state index contributed by atoms with van der Waals surface area (Å²) in [4.78, 5) is 6.57. The first-order valence-electron chi connectivity index (χ1n) is 5.64. The van der Waals surface area contributed by atoms with Crippen molar-refractivity contribution in [1.29, 1.82) is 0 Å². The van der Waals surface area contributed by atoms with Crippen LogP contribution in [-0.4, -0.2) is 28.6 Å². The van der Waals surface area contributed by atoms with Gasteiger partial charge in [0.15, 0.2) is 0 Å². The molecule has 1 aromatic rings. The van der Waals surface area contributed by atoms with E-state index in [2.05, 4.69) is 29.8 Å². The molecule has 0 aromatic carbocycles. The fourth-order valence-electron chi connectivity index (χ4n) is 2.11. The van der Waals surface area contributed by atoms with E-state index in [4.69, 9.17) is 5.73 Å². The van der Waals surface area contributed by atoms with Crippen LogP contribution in [0.2, 0.25) is 0 Å². The first-order valence-corrected chi connectivity index (χ1v) is 6.63. The summed E-state index contributed by atoms with van der Waals surface area (Å²) in [6, 6.07) is 2.08. The molecule has 0 saturated carbocycles. The molecule has 4 heteroatoms. The Bertz CT molecular complexity index is 365. The number of thioether (sulfide) groups is 1. The number of pyridine rings is 1. The van der Waals surface area contributed by atoms with Crippen LogP contribution in [0.25, 0.3) is 0 Å². The molecule has 0 amide bonds. The zero-order chi connectivity index (χ0) is 11.6. The fraction of sp³-hybridized carbons (Fsp3) is 0.583. The Morgan fingerprint density at radius 3 is 3.06 bits per heavy atom. The van der Waals surface area contributed by atoms with E-state index in [1.165, 1.54) is 11.4 Å². The van der Waals surface area contributed by atoms with E-state index < -0.39 is 0 Å². The molecular weight excluding hydrogens is 218 g/mol. The van der Waals surface area contributed by atoms with Gasteiger partial charge in [0.05, 0.1) is 0 Å². The van der Waals surface area contributed by atoms with Crippen LogP contribution < -0.4 is 10.6 Å². The highest BCUT2D eigenvalue weighted by molar-refractivity contribution is 8.00. The van der Waals surface area contributed by atoms with Gasteiger partial charge in [-0.25, -0.2) is 0 Å². The quantitative estimate of drug-likeness (QED) is 0.852. The fourth-order valence-corrected chi connectivity index (χ4v) is 3.22. The van der Waals surface area contributed by atoms with Gasteiger partial charge in [0.1, 0.15) is 0 Å². The van der Waals surface area contributed by atoms with E-state index in [1.807, 2.05) is 24.2 Å². The van der Waals surface area contributed by atoms with Crippen LogP contribution in [0, 0.1) is 0 Å². The van der Waals surface area contributed by atoms with Gasteiger partial charge in [-0.1, -0.05) is 0 Å². The summed E-state index contributed by atoms with van der Waals surface area (Å²) in [7, 11) is 0. The van der Waals surface area contributed by atoms with Crippen molar-refractivity contribution < 1.29 is 0 Å². The SMILES string of the molecule is CC1(C)CN(c2ccncc2CN)CCS1. The average Bonchev–Trinajstić information content (AvgIpc) is 2.27. The predicted octanol–water partition coefficient (Wildman–Crippen LogP) is 1.87. The molecular formula is C12H19N3S. The molecule has 2 N–H and O–H groups in total. The van der Waals surface area contributed by atoms with Gasteiger partial charge in [0.2, 0.25) is 0 Å². The topological polar surface area (TPSA) is 42.2 Å². The van der Waals surface area contributed by atoms with Crippen LogP contribution in [0.4, 0.5) is 5.69 Å². The number of nitrogens with two attached hydrogens (primary N) is 1. The molecule has 0 unspecified atom stereocenters. The van der Waals surface area contributed by atoms with Crippen LogP contribution in [0.5, 0.6) is 0 Å². The third-order valence-corrected chi connectivity index (χ3v) is 4.16. The standard InChI is InChI=1S/C12H19N3S/c1-12(2)9-15(5-6-16-12)11-3-4-14-8-10(11)7-13/h3-4,8H,5-7,9,13H2,1-2H3. The lowest BCUT2D eigenvalue weighted by atomic mass is 10.1. The maximum absolute atomic E-state index is 5.75. The second-order valence-electron chi connectivity index (χ2n) is 4.74. The molecule has 0 bridgehead atoms. The summed E-state index contributed by atoms with van der Waals surface area (Å²) >= 11 is 2.04. The van der Waals surface area contributed by atoms with Crippen LogP contribution in [-0.2, 0) is 6.54 Å². The Morgan fingerprint density at radius 1 is 1.56 bits per heavy atom.